The molecule has 3 heteroatoms. The Morgan fingerprint density at radius 2 is 0.762 bits per heavy atom. The van der Waals surface area contributed by atoms with Crippen molar-refractivity contribution in [2.75, 3.05) is 0 Å². The molecule has 341 valence electrons. The van der Waals surface area contributed by atoms with Gasteiger partial charge in [0.15, 0.2) is 0 Å². The molecule has 0 fully saturated rings. The van der Waals surface area contributed by atoms with Crippen LogP contribution in [0.1, 0.15) is 216 Å². The van der Waals surface area contributed by atoms with Crippen molar-refractivity contribution in [2.24, 2.45) is 0 Å². The fourth-order valence-electron chi connectivity index (χ4n) is 10.8. The Kier molecular flexibility index (Phi) is 13.9. The molecular weight excluding hydrogens is 883 g/mol. The van der Waals surface area contributed by atoms with E-state index < -0.39 is 16.4 Å². The number of allylic oxidation sites excluding steroid dienone is 2. The Morgan fingerprint density at radius 3 is 1.02 bits per heavy atom. The molecule has 0 aromatic heterocycles. The predicted molar refractivity (Wildman–Crippen MR) is 280 cm³/mol. The van der Waals surface area contributed by atoms with Gasteiger partial charge in [0.2, 0.25) is 0 Å². The third-order valence-corrected chi connectivity index (χ3v) is 36.0. The van der Waals surface area contributed by atoms with E-state index in [0.29, 0.717) is 0 Å². The van der Waals surface area contributed by atoms with Crippen molar-refractivity contribution < 1.29 is 16.4 Å². The van der Waals surface area contributed by atoms with E-state index in [2.05, 4.69) is 192 Å². The summed E-state index contributed by atoms with van der Waals surface area (Å²) >= 11 is -5.17. The first-order valence-electron chi connectivity index (χ1n) is 24.6. The number of benzene rings is 4. The van der Waals surface area contributed by atoms with Gasteiger partial charge in [0, 0.05) is 0 Å². The maximum absolute atomic E-state index is 9.07. The van der Waals surface area contributed by atoms with Crippen LogP contribution in [0, 0.1) is 27.7 Å². The summed E-state index contributed by atoms with van der Waals surface area (Å²) in [5, 5.41) is 0. The zero-order chi connectivity index (χ0) is 47.0. The van der Waals surface area contributed by atoms with E-state index in [0.717, 1.165) is 42.7 Å². The first kappa shape index (κ1) is 50.2. The van der Waals surface area contributed by atoms with Crippen LogP contribution in [0.25, 0.3) is 34.4 Å². The summed E-state index contributed by atoms with van der Waals surface area (Å²) < 4.78 is 0.862. The minimum atomic E-state index is -5.17. The molecule has 2 aliphatic rings. The molecule has 0 saturated heterocycles. The average molecular weight is 966 g/mol. The minimum absolute atomic E-state index is 0.0159. The van der Waals surface area contributed by atoms with Crippen LogP contribution in [0.4, 0.5) is 0 Å². The number of halogens is 2. The average Bonchev–Trinajstić information content (AvgIpc) is 3.79. The van der Waals surface area contributed by atoms with E-state index in [1.807, 2.05) is 0 Å². The van der Waals surface area contributed by atoms with E-state index in [1.54, 1.807) is 0 Å². The van der Waals surface area contributed by atoms with Gasteiger partial charge in [-0.2, -0.15) is 0 Å². The summed E-state index contributed by atoms with van der Waals surface area (Å²) in [5.41, 5.74) is 24.8. The maximum atomic E-state index is 9.07. The first-order chi connectivity index (χ1) is 29.0. The molecule has 2 aliphatic carbocycles. The van der Waals surface area contributed by atoms with Crippen LogP contribution in [-0.2, 0) is 38.1 Å². The molecule has 0 bridgehead atoms. The van der Waals surface area contributed by atoms with Gasteiger partial charge in [-0.15, -0.1) is 0 Å². The molecule has 0 heterocycles. The summed E-state index contributed by atoms with van der Waals surface area (Å²) in [4.78, 5) is 0. The van der Waals surface area contributed by atoms with Gasteiger partial charge >= 0.3 is 397 Å². The monoisotopic (exact) mass is 963 g/mol. The Labute approximate surface area is 394 Å². The second-order valence-corrected chi connectivity index (χ2v) is 47.1. The number of hydrogen-bond donors (Lipinski definition) is 0. The van der Waals surface area contributed by atoms with Gasteiger partial charge in [-0.05, 0) is 0 Å². The molecule has 63 heavy (non-hydrogen) atoms. The van der Waals surface area contributed by atoms with E-state index in [1.165, 1.54) is 100 Å². The summed E-state index contributed by atoms with van der Waals surface area (Å²) in [6, 6.07) is 19.8. The molecular formula is C60H83Cl2Zr. The van der Waals surface area contributed by atoms with Crippen LogP contribution in [0.3, 0.4) is 0 Å². The molecule has 4 aromatic rings. The third kappa shape index (κ3) is 9.41. The van der Waals surface area contributed by atoms with Crippen molar-refractivity contribution >= 4 is 29.2 Å². The Morgan fingerprint density at radius 1 is 0.460 bits per heavy atom. The molecule has 0 radical (unpaired) electrons. The fourth-order valence-corrected chi connectivity index (χ4v) is 29.1. The van der Waals surface area contributed by atoms with Crippen LogP contribution >= 0.6 is 17.0 Å². The number of hydrogen-bond acceptors (Lipinski definition) is 0. The fraction of sp³-hybridized carbons (Fsp3) is 0.533. The van der Waals surface area contributed by atoms with Crippen molar-refractivity contribution in [1.82, 2.24) is 0 Å². The Hall–Kier alpha value is -2.18. The van der Waals surface area contributed by atoms with E-state index in [-0.39, 0.29) is 28.9 Å². The quantitative estimate of drug-likeness (QED) is 0.141. The Balaban J connectivity index is 1.70. The summed E-state index contributed by atoms with van der Waals surface area (Å²) in [6.45, 7) is 44.6. The van der Waals surface area contributed by atoms with Crippen LogP contribution in [0.15, 0.2) is 59.7 Å². The van der Waals surface area contributed by atoms with Crippen LogP contribution in [-0.4, -0.2) is 0 Å². The second-order valence-electron chi connectivity index (χ2n) is 24.2. The standard InChI is InChI=1S/2C29H39.C2H5.2ClH.Zr/c2*1-10-11-12-21-14-25-20(3)19(2)13-26(27(25)15-21)22-16-23(28(4,5)6)18-24(17-22)29(7,8)9;1-2;;;/h2*13-18H,10-12H2,1-9H3;1H2,2H3;2*1H;/q;;;;;+2/p-2. The van der Waals surface area contributed by atoms with E-state index in [9.17, 15) is 0 Å². The van der Waals surface area contributed by atoms with Gasteiger partial charge in [0.25, 0.3) is 0 Å². The zero-order valence-corrected chi connectivity index (χ0v) is 47.1. The molecule has 4 aromatic carbocycles. The number of aryl methyl sites for hydroxylation is 2. The van der Waals surface area contributed by atoms with Crippen LogP contribution in [0.5, 0.6) is 0 Å². The Bertz CT molecular complexity index is 2240. The van der Waals surface area contributed by atoms with Gasteiger partial charge < -0.3 is 0 Å². The van der Waals surface area contributed by atoms with Gasteiger partial charge in [-0.3, -0.25) is 0 Å². The topological polar surface area (TPSA) is 0 Å². The van der Waals surface area contributed by atoms with Crippen molar-refractivity contribution in [3.63, 3.8) is 0 Å². The van der Waals surface area contributed by atoms with Crippen molar-refractivity contribution in [2.45, 2.75) is 203 Å². The van der Waals surface area contributed by atoms with Gasteiger partial charge in [0.05, 0.1) is 0 Å². The molecule has 0 spiro atoms. The van der Waals surface area contributed by atoms with Gasteiger partial charge in [-0.1, -0.05) is 0 Å². The molecule has 0 aliphatic heterocycles. The normalized spacial score (nSPS) is 17.6. The molecule has 0 nitrogen and oxygen atoms in total. The number of unbranched alkanes of at least 4 members (excludes halogenated alkanes) is 2. The van der Waals surface area contributed by atoms with Crippen LogP contribution in [0.2, 0.25) is 4.13 Å². The number of fused-ring (bicyclic) bond motifs is 2. The molecule has 2 unspecified atom stereocenters. The second kappa shape index (κ2) is 17.5. The third-order valence-electron chi connectivity index (χ3n) is 15.3. The van der Waals surface area contributed by atoms with Gasteiger partial charge in [0.1, 0.15) is 0 Å². The molecule has 6 rings (SSSR count). The number of rotatable bonds is 11. The molecule has 2 atom stereocenters. The zero-order valence-electron chi connectivity index (χ0n) is 43.1. The van der Waals surface area contributed by atoms with E-state index in [4.69, 9.17) is 17.0 Å². The summed E-state index contributed by atoms with van der Waals surface area (Å²) in [5.74, 6) is 0. The van der Waals surface area contributed by atoms with Crippen molar-refractivity contribution in [3.8, 4) is 22.3 Å². The molecule has 0 saturated carbocycles. The predicted octanol–water partition coefficient (Wildman–Crippen LogP) is 19.8. The molecule has 0 N–H and O–H groups in total. The molecule has 0 amide bonds. The van der Waals surface area contributed by atoms with Crippen molar-refractivity contribution in [1.29, 1.82) is 0 Å². The van der Waals surface area contributed by atoms with E-state index >= 15 is 0 Å². The first-order valence-corrected chi connectivity index (χ1v) is 35.5. The SMILES string of the molecule is CCCCC1=Cc2c(-c3cc(C(C)(C)C)cc(C(C)(C)C)c3)cc(C)c(C)c2[CH]1[Zr]([Cl])([Cl])([CH2]C)[CH]1C(CCCC)=Cc2c(-c3cc(C(C)(C)C)cc(C(C)(C)C)c3)cc(C)c(C)c21. The van der Waals surface area contributed by atoms with Gasteiger partial charge in [-0.25, -0.2) is 0 Å². The summed E-state index contributed by atoms with van der Waals surface area (Å²) in [7, 11) is 18.1. The summed E-state index contributed by atoms with van der Waals surface area (Å²) in [6.07, 6.45) is 11.8. The van der Waals surface area contributed by atoms with Crippen molar-refractivity contribution in [3.05, 3.63) is 126 Å². The van der Waals surface area contributed by atoms with Crippen LogP contribution < -0.4 is 0 Å².